The number of rotatable bonds is 8. The Bertz CT molecular complexity index is 4600. The van der Waals surface area contributed by atoms with Crippen LogP contribution in [0.2, 0.25) is 34.3 Å². The van der Waals surface area contributed by atoms with Crippen LogP contribution in [0.4, 0.5) is 0 Å². The highest BCUT2D eigenvalue weighted by Crippen LogP contribution is 2.45. The maximum Gasteiger partial charge on any atom is 0.143 e. The molecule has 4 heterocycles. The fourth-order valence-corrected chi connectivity index (χ4v) is 25.0. The fourth-order valence-electron chi connectivity index (χ4n) is 13.3. The van der Waals surface area contributed by atoms with Crippen LogP contribution in [0.25, 0.3) is 105 Å². The lowest BCUT2D eigenvalue weighted by molar-refractivity contribution is 0.817. The summed E-state index contributed by atoms with van der Waals surface area (Å²) in [6.07, 6.45) is 2.50. The van der Waals surface area contributed by atoms with Crippen molar-refractivity contribution in [3.63, 3.8) is 0 Å². The van der Waals surface area contributed by atoms with Gasteiger partial charge >= 0.3 is 0 Å². The molecular weight excluding hydrogens is 1050 g/mol. The molecule has 388 valence electrons. The summed E-state index contributed by atoms with van der Waals surface area (Å²) in [6, 6.07) is 39.4. The Morgan fingerprint density at radius 2 is 0.654 bits per heavy atom. The summed E-state index contributed by atoms with van der Waals surface area (Å²) in [5.74, 6) is 21.0. The average molecular weight is 1120 g/mol. The van der Waals surface area contributed by atoms with E-state index < -0.39 is 16.1 Å². The molecule has 0 bridgehead atoms. The molecule has 0 saturated carbocycles. The summed E-state index contributed by atoms with van der Waals surface area (Å²) in [4.78, 5) is 0. The van der Waals surface area contributed by atoms with Crippen molar-refractivity contribution in [1.82, 2.24) is 0 Å². The number of unbranched alkanes of at least 4 members (excludes halogenated alkanes) is 1. The molecule has 0 spiro atoms. The van der Waals surface area contributed by atoms with E-state index in [9.17, 15) is 0 Å². The Balaban J connectivity index is 0.000000166. The van der Waals surface area contributed by atoms with Gasteiger partial charge in [-0.05, 0) is 186 Å². The molecule has 0 saturated heterocycles. The minimum atomic E-state index is -1.84. The van der Waals surface area contributed by atoms with Gasteiger partial charge < -0.3 is 0 Å². The smallest absolute Gasteiger partial charge is 0.143 e. The van der Waals surface area contributed by atoms with E-state index in [1.807, 2.05) is 36.5 Å². The Morgan fingerprint density at radius 1 is 0.359 bits per heavy atom. The van der Waals surface area contributed by atoms with Crippen LogP contribution < -0.4 is 0 Å². The average Bonchev–Trinajstić information content (AvgIpc) is 4.44. The van der Waals surface area contributed by atoms with E-state index in [-0.39, 0.29) is 0 Å². The van der Waals surface area contributed by atoms with Crippen LogP contribution in [-0.4, -0.2) is 16.1 Å². The molecule has 78 heavy (non-hydrogen) atoms. The van der Waals surface area contributed by atoms with Crippen molar-refractivity contribution in [2.75, 3.05) is 0 Å². The molecule has 12 rings (SSSR count). The molecule has 12 aromatic rings. The van der Waals surface area contributed by atoms with Gasteiger partial charge in [0.25, 0.3) is 0 Å². The first kappa shape index (κ1) is 53.8. The van der Waals surface area contributed by atoms with E-state index in [0.29, 0.717) is 22.2 Å². The van der Waals surface area contributed by atoms with E-state index >= 15 is 0 Å². The molecule has 0 N–H and O–H groups in total. The number of benzene rings is 8. The maximum absolute atomic E-state index is 4.07. The van der Waals surface area contributed by atoms with Gasteiger partial charge in [-0.15, -0.1) is 68.3 Å². The second-order valence-corrected chi connectivity index (χ2v) is 36.9. The first-order valence-electron chi connectivity index (χ1n) is 28.1. The molecule has 8 aromatic carbocycles. The van der Waals surface area contributed by atoms with E-state index in [0.717, 1.165) is 11.1 Å². The summed E-state index contributed by atoms with van der Waals surface area (Å²) >= 11 is 7.22. The van der Waals surface area contributed by atoms with E-state index in [1.54, 1.807) is 22.7 Å². The summed E-state index contributed by atoms with van der Waals surface area (Å²) in [5.41, 5.74) is 15.1. The lowest BCUT2D eigenvalue weighted by Gasteiger charge is -2.34. The van der Waals surface area contributed by atoms with E-state index in [1.165, 1.54) is 141 Å². The third-order valence-corrected chi connectivity index (χ3v) is 32.8. The summed E-state index contributed by atoms with van der Waals surface area (Å²) in [7, 11) is -3.63. The Morgan fingerprint density at radius 3 is 0.923 bits per heavy atom. The second-order valence-electron chi connectivity index (χ2n) is 22.6. The van der Waals surface area contributed by atoms with Gasteiger partial charge in [0.15, 0.2) is 0 Å². The highest BCUT2D eigenvalue weighted by molar-refractivity contribution is 7.18. The van der Waals surface area contributed by atoms with Crippen LogP contribution in [0.5, 0.6) is 0 Å². The lowest BCUT2D eigenvalue weighted by atomic mass is 9.89. The number of hydrogen-bond donors (Lipinski definition) is 0. The van der Waals surface area contributed by atoms with Crippen LogP contribution >= 0.6 is 45.3 Å². The normalized spacial score (nSPS) is 12.1. The zero-order valence-corrected chi connectivity index (χ0v) is 52.6. The molecule has 0 aliphatic carbocycles. The highest BCUT2D eigenvalue weighted by Gasteiger charge is 2.38. The van der Waals surface area contributed by atoms with Crippen LogP contribution in [0.1, 0.15) is 118 Å². The third-order valence-electron chi connectivity index (χ3n) is 17.5. The molecular formula is C72H68S4Si2. The minimum absolute atomic E-state index is 0.621. The van der Waals surface area contributed by atoms with Gasteiger partial charge in [-0.1, -0.05) is 130 Å². The van der Waals surface area contributed by atoms with Gasteiger partial charge in [0, 0.05) is 84.1 Å². The SMILES string of the molecule is CC#Cc1cc2c(cc(C#C[Si](CC)(C(C)C)C(C)C)c3c4ccsc4ccc23)c2ccc3sccc3c12.CC#Cc1cc2c(cc(C#C[Si](CCCC)(C(C)C)C(C)C)c3c4ccsc4ccc23)c2ccc3sccc3c12. The van der Waals surface area contributed by atoms with Gasteiger partial charge in [0.05, 0.1) is 0 Å². The van der Waals surface area contributed by atoms with Gasteiger partial charge in [-0.3, -0.25) is 0 Å². The summed E-state index contributed by atoms with van der Waals surface area (Å²) < 4.78 is 5.27. The molecule has 6 heteroatoms. The van der Waals surface area contributed by atoms with Gasteiger partial charge in [-0.25, -0.2) is 0 Å². The Labute approximate surface area is 480 Å². The predicted octanol–water partition coefficient (Wildman–Crippen LogP) is 23.0. The maximum atomic E-state index is 4.07. The number of fused-ring (bicyclic) bond motifs is 18. The largest absolute Gasteiger partial charge is 0.144 e. The molecule has 0 aliphatic rings. The molecule has 0 fully saturated rings. The van der Waals surface area contributed by atoms with Crippen molar-refractivity contribution in [3.8, 4) is 46.6 Å². The topological polar surface area (TPSA) is 0 Å². The van der Waals surface area contributed by atoms with Gasteiger partial charge in [0.2, 0.25) is 0 Å². The first-order chi connectivity index (χ1) is 37.8. The molecule has 0 aliphatic heterocycles. The number of hydrogen-bond acceptors (Lipinski definition) is 4. The molecule has 0 atom stereocenters. The molecule has 0 amide bonds. The zero-order chi connectivity index (χ0) is 54.6. The van der Waals surface area contributed by atoms with Crippen molar-refractivity contribution >= 4 is 166 Å². The lowest BCUT2D eigenvalue weighted by Crippen LogP contribution is -2.40. The zero-order valence-electron chi connectivity index (χ0n) is 47.3. The van der Waals surface area contributed by atoms with Crippen LogP contribution in [0.15, 0.2) is 119 Å². The standard InChI is InChI=1S/C37H36S2Si.C35H32S2Si/c1-7-9-20-40(24(3)4,25(5)6)21-17-27-23-33-28-11-13-34-30(15-18-38-34)36(28)26(10-8-2)22-32(33)29-12-14-35-31(37(27)29)16-19-39-35;1-7-9-24-20-30-27-11-13-33-29(15-18-37-33)35(27)25(16-19-38(8-2,22(3)4)23(5)6)21-31(30)26-10-12-32-28(34(24)26)14-17-36-32/h11-16,18-19,22-25H,7,9,20H2,1-6H3;10-15,17-18,20-23H,8H2,1-6H3. The molecule has 0 nitrogen and oxygen atoms in total. The van der Waals surface area contributed by atoms with Crippen LogP contribution in [0.3, 0.4) is 0 Å². The molecule has 0 radical (unpaired) electrons. The summed E-state index contributed by atoms with van der Waals surface area (Å²) in [5, 5.41) is 29.4. The third kappa shape index (κ3) is 8.99. The summed E-state index contributed by atoms with van der Waals surface area (Å²) in [6.45, 7) is 27.7. The molecule has 0 unspecified atom stereocenters. The van der Waals surface area contributed by atoms with Crippen LogP contribution in [0, 0.1) is 46.6 Å². The van der Waals surface area contributed by atoms with Crippen LogP contribution in [-0.2, 0) is 0 Å². The van der Waals surface area contributed by atoms with Crippen molar-refractivity contribution < 1.29 is 0 Å². The monoisotopic (exact) mass is 1120 g/mol. The van der Waals surface area contributed by atoms with Gasteiger partial charge in [0.1, 0.15) is 16.1 Å². The predicted molar refractivity (Wildman–Crippen MR) is 360 cm³/mol. The Kier molecular flexibility index (Phi) is 15.1. The highest BCUT2D eigenvalue weighted by atomic mass is 32.1. The van der Waals surface area contributed by atoms with E-state index in [4.69, 9.17) is 0 Å². The second kappa shape index (κ2) is 21.8. The fraction of sp³-hybridized carbons (Fsp3) is 0.278. The number of thiophene rings is 4. The molecule has 4 aromatic heterocycles. The van der Waals surface area contributed by atoms with Crippen molar-refractivity contribution in [3.05, 3.63) is 141 Å². The first-order valence-corrected chi connectivity index (χ1v) is 36.3. The minimum Gasteiger partial charge on any atom is -0.144 e. The quantitative estimate of drug-likeness (QED) is 0.0808. The van der Waals surface area contributed by atoms with Crippen molar-refractivity contribution in [2.45, 2.75) is 130 Å². The van der Waals surface area contributed by atoms with Crippen molar-refractivity contribution in [2.24, 2.45) is 0 Å². The Hall–Kier alpha value is -6.17. The van der Waals surface area contributed by atoms with E-state index in [2.05, 4.69) is 234 Å². The van der Waals surface area contributed by atoms with Crippen molar-refractivity contribution in [1.29, 1.82) is 0 Å². The van der Waals surface area contributed by atoms with Gasteiger partial charge in [-0.2, -0.15) is 0 Å².